The molecule has 5 nitrogen and oxygen atoms in total. The minimum Gasteiger partial charge on any atom is -0.491 e. The van der Waals surface area contributed by atoms with Gasteiger partial charge in [0.1, 0.15) is 12.4 Å². The largest absolute Gasteiger partial charge is 0.491 e. The van der Waals surface area contributed by atoms with Crippen LogP contribution >= 0.6 is 10.3 Å². The molecule has 0 atom stereocenters. The maximum absolute atomic E-state index is 14.7. The molecule has 0 spiro atoms. The summed E-state index contributed by atoms with van der Waals surface area (Å²) >= 11 is 0. The van der Waals surface area contributed by atoms with Crippen molar-refractivity contribution < 1.29 is 43.5 Å². The zero-order valence-corrected chi connectivity index (χ0v) is 22.6. The highest BCUT2D eigenvalue weighted by Crippen LogP contribution is 2.70. The number of ether oxygens (including phenoxy) is 2. The number of hydrogen-bond acceptors (Lipinski definition) is 5. The second kappa shape index (κ2) is 12.4. The minimum atomic E-state index is -5.62. The fraction of sp³-hybridized carbons (Fsp3) is 0.143. The van der Waals surface area contributed by atoms with Crippen molar-refractivity contribution in [1.29, 1.82) is 0 Å². The highest BCUT2D eigenvalue weighted by Gasteiger charge is 2.42. The average molecular weight is 599 g/mol. The van der Waals surface area contributed by atoms with Gasteiger partial charge in [-0.15, -0.1) is 0 Å². The van der Waals surface area contributed by atoms with Crippen molar-refractivity contribution in [3.8, 4) is 5.75 Å². The molecular formula is C28H23F5O5S2. The van der Waals surface area contributed by atoms with E-state index >= 15 is 0 Å². The summed E-state index contributed by atoms with van der Waals surface area (Å²) in [5, 5.41) is 0. The smallest absolute Gasteiger partial charge is 0.313 e. The Morgan fingerprint density at radius 3 is 1.52 bits per heavy atom. The molecule has 0 aliphatic carbocycles. The molecule has 4 rings (SSSR count). The second-order valence-electron chi connectivity index (χ2n) is 8.12. The Labute approximate surface area is 229 Å². The number of halogens is 5. The Kier molecular flexibility index (Phi) is 9.14. The highest BCUT2D eigenvalue weighted by molar-refractivity contribution is 8.33. The number of rotatable bonds is 11. The van der Waals surface area contributed by atoms with Crippen LogP contribution in [0.2, 0.25) is 0 Å². The molecule has 0 bridgehead atoms. The van der Waals surface area contributed by atoms with Crippen molar-refractivity contribution in [2.24, 2.45) is 0 Å². The van der Waals surface area contributed by atoms with Gasteiger partial charge in [-0.2, -0.15) is 8.42 Å². The van der Waals surface area contributed by atoms with Crippen LogP contribution in [0.25, 0.3) is 0 Å². The van der Waals surface area contributed by atoms with Crippen LogP contribution in [-0.2, 0) is 18.5 Å². The number of benzene rings is 4. The summed E-state index contributed by atoms with van der Waals surface area (Å²) in [5.74, 6) is -11.9. The molecule has 4 aromatic rings. The Balaban J connectivity index is 1.93. The summed E-state index contributed by atoms with van der Waals surface area (Å²) < 4.78 is 115. The van der Waals surface area contributed by atoms with E-state index < -0.39 is 54.4 Å². The highest BCUT2D eigenvalue weighted by atomic mass is 32.3. The summed E-state index contributed by atoms with van der Waals surface area (Å²) in [4.78, 5) is -1.28. The zero-order chi connectivity index (χ0) is 28.9. The van der Waals surface area contributed by atoms with E-state index in [4.69, 9.17) is 13.1 Å². The van der Waals surface area contributed by atoms with Crippen molar-refractivity contribution in [3.63, 3.8) is 0 Å². The fourth-order valence-electron chi connectivity index (χ4n) is 3.81. The lowest BCUT2D eigenvalue weighted by Gasteiger charge is -2.39. The van der Waals surface area contributed by atoms with Gasteiger partial charge in [0, 0.05) is 21.3 Å². The van der Waals surface area contributed by atoms with Gasteiger partial charge in [0.05, 0.1) is 6.61 Å². The average Bonchev–Trinajstić information content (AvgIpc) is 2.97. The van der Waals surface area contributed by atoms with E-state index in [1.807, 2.05) is 6.92 Å². The lowest BCUT2D eigenvalue weighted by atomic mass is 10.3. The minimum absolute atomic E-state index is 0.244. The van der Waals surface area contributed by atoms with Gasteiger partial charge >= 0.3 is 10.1 Å². The first kappa shape index (κ1) is 29.5. The third-order valence-corrected chi connectivity index (χ3v) is 10.8. The molecule has 0 saturated heterocycles. The Morgan fingerprint density at radius 1 is 0.600 bits per heavy atom. The molecule has 40 heavy (non-hydrogen) atoms. The lowest BCUT2D eigenvalue weighted by Crippen LogP contribution is -2.19. The molecule has 0 amide bonds. The molecule has 0 radical (unpaired) electrons. The summed E-state index contributed by atoms with van der Waals surface area (Å²) in [6, 6.07) is 22.0. The van der Waals surface area contributed by atoms with Gasteiger partial charge in [0.25, 0.3) is 0 Å². The molecule has 0 aliphatic heterocycles. The summed E-state index contributed by atoms with van der Waals surface area (Å²) in [6.07, 6.45) is 0. The SMILES string of the molecule is CCOCCOc1ccc(S(OS(=O)(=O)c2c(F)c(F)c(F)c(F)c2F)(c2ccccc2)c2ccccc2)cc1. The molecule has 0 fully saturated rings. The van der Waals surface area contributed by atoms with Gasteiger partial charge < -0.3 is 9.47 Å². The predicted molar refractivity (Wildman–Crippen MR) is 138 cm³/mol. The molecule has 0 saturated carbocycles. The maximum atomic E-state index is 14.7. The summed E-state index contributed by atoms with van der Waals surface area (Å²) in [5.41, 5.74) is 0. The van der Waals surface area contributed by atoms with Gasteiger partial charge in [-0.25, -0.2) is 25.6 Å². The first-order valence-corrected chi connectivity index (χ1v) is 14.8. The van der Waals surface area contributed by atoms with E-state index in [-0.39, 0.29) is 21.3 Å². The van der Waals surface area contributed by atoms with Crippen LogP contribution in [0.5, 0.6) is 5.75 Å². The van der Waals surface area contributed by atoms with Gasteiger partial charge in [-0.1, -0.05) is 36.4 Å². The fourth-order valence-corrected chi connectivity index (χ4v) is 9.14. The molecule has 0 N–H and O–H groups in total. The van der Waals surface area contributed by atoms with Gasteiger partial charge in [0.15, 0.2) is 28.2 Å². The van der Waals surface area contributed by atoms with Crippen molar-refractivity contribution >= 4 is 20.4 Å². The lowest BCUT2D eigenvalue weighted by molar-refractivity contribution is 0.110. The first-order valence-electron chi connectivity index (χ1n) is 11.8. The van der Waals surface area contributed by atoms with Crippen molar-refractivity contribution in [3.05, 3.63) is 114 Å². The number of hydrogen-bond donors (Lipinski definition) is 0. The first-order chi connectivity index (χ1) is 19.1. The van der Waals surface area contributed by atoms with Crippen LogP contribution in [-0.4, -0.2) is 28.2 Å². The molecule has 0 aromatic heterocycles. The zero-order valence-electron chi connectivity index (χ0n) is 21.0. The molecule has 12 heteroatoms. The Bertz CT molecular complexity index is 1500. The third-order valence-electron chi connectivity index (χ3n) is 5.62. The molecule has 4 aromatic carbocycles. The second-order valence-corrected chi connectivity index (χ2v) is 12.5. The van der Waals surface area contributed by atoms with Crippen LogP contribution in [0.15, 0.2) is 105 Å². The van der Waals surface area contributed by atoms with Crippen molar-refractivity contribution in [1.82, 2.24) is 0 Å². The molecule has 212 valence electrons. The molecular weight excluding hydrogens is 575 g/mol. The van der Waals surface area contributed by atoms with E-state index in [9.17, 15) is 30.4 Å². The van der Waals surface area contributed by atoms with Gasteiger partial charge in [-0.3, -0.25) is 0 Å². The van der Waals surface area contributed by atoms with E-state index in [0.717, 1.165) is 0 Å². The van der Waals surface area contributed by atoms with E-state index in [1.165, 1.54) is 12.1 Å². The molecule has 0 aliphatic rings. The summed E-state index contributed by atoms with van der Waals surface area (Å²) in [7, 11) is -9.02. The monoisotopic (exact) mass is 598 g/mol. The Hall–Kier alpha value is -3.45. The van der Waals surface area contributed by atoms with E-state index in [1.54, 1.807) is 72.8 Å². The normalized spacial score (nSPS) is 12.3. The van der Waals surface area contributed by atoms with Crippen molar-refractivity contribution in [2.75, 3.05) is 19.8 Å². The molecule has 0 heterocycles. The van der Waals surface area contributed by atoms with Crippen LogP contribution in [0.1, 0.15) is 6.92 Å². The topological polar surface area (TPSA) is 61.8 Å². The third kappa shape index (κ3) is 5.71. The van der Waals surface area contributed by atoms with Crippen LogP contribution in [0.3, 0.4) is 0 Å². The standard InChI is InChI=1S/C28H23F5O5S2/c1-2-36-17-18-37-19-13-15-22(16-14-19)39(20-9-5-3-6-10-20,21-11-7-4-8-12-21)38-40(34,35)28-26(32)24(30)23(29)25(31)27(28)33/h3-16H,2,17-18H2,1H3. The molecule has 0 unspecified atom stereocenters. The van der Waals surface area contributed by atoms with Crippen LogP contribution < -0.4 is 4.74 Å². The predicted octanol–water partition coefficient (Wildman–Crippen LogP) is 7.40. The summed E-state index contributed by atoms with van der Waals surface area (Å²) in [6.45, 7) is 2.93. The van der Waals surface area contributed by atoms with Gasteiger partial charge in [0.2, 0.25) is 5.82 Å². The van der Waals surface area contributed by atoms with E-state index in [2.05, 4.69) is 0 Å². The van der Waals surface area contributed by atoms with Crippen LogP contribution in [0.4, 0.5) is 22.0 Å². The van der Waals surface area contributed by atoms with Crippen molar-refractivity contribution in [2.45, 2.75) is 26.5 Å². The van der Waals surface area contributed by atoms with Crippen LogP contribution in [0, 0.1) is 29.1 Å². The Morgan fingerprint density at radius 2 is 1.05 bits per heavy atom. The van der Waals surface area contributed by atoms with Gasteiger partial charge in [-0.05, 0) is 65.8 Å². The van der Waals surface area contributed by atoms with E-state index in [0.29, 0.717) is 19.0 Å². The maximum Gasteiger partial charge on any atom is 0.313 e. The quantitative estimate of drug-likeness (QED) is 0.0780.